The van der Waals surface area contributed by atoms with Gasteiger partial charge in [0, 0.05) is 31.0 Å². The molecule has 2 atom stereocenters. The quantitative estimate of drug-likeness (QED) is 0.887. The first-order valence-electron chi connectivity index (χ1n) is 8.58. The number of hydrogen-bond acceptors (Lipinski definition) is 4. The fourth-order valence-corrected chi connectivity index (χ4v) is 3.49. The Labute approximate surface area is 152 Å². The molecule has 1 amide bonds. The summed E-state index contributed by atoms with van der Waals surface area (Å²) < 4.78 is 7.16. The summed E-state index contributed by atoms with van der Waals surface area (Å²) >= 11 is 0. The smallest absolute Gasteiger partial charge is 0.305 e. The molecule has 0 spiro atoms. The van der Waals surface area contributed by atoms with Crippen molar-refractivity contribution >= 4 is 11.9 Å². The molecule has 0 aliphatic carbocycles. The van der Waals surface area contributed by atoms with E-state index < -0.39 is 5.97 Å². The normalized spacial score (nSPS) is 19.7. The summed E-state index contributed by atoms with van der Waals surface area (Å²) in [6.07, 6.45) is 0.339. The maximum absolute atomic E-state index is 12.9. The summed E-state index contributed by atoms with van der Waals surface area (Å²) in [5, 5.41) is 13.5. The highest BCUT2D eigenvalue weighted by atomic mass is 16.5. The first-order chi connectivity index (χ1) is 12.4. The fourth-order valence-electron chi connectivity index (χ4n) is 3.49. The minimum absolute atomic E-state index is 0.0740. The number of benzene rings is 1. The van der Waals surface area contributed by atoms with Crippen LogP contribution in [0.4, 0.5) is 0 Å². The molecule has 1 saturated heterocycles. The Hall–Kier alpha value is -2.67. The molecule has 1 aliphatic heterocycles. The average molecular weight is 357 g/mol. The van der Waals surface area contributed by atoms with Crippen molar-refractivity contribution in [2.75, 3.05) is 13.7 Å². The third-order valence-corrected chi connectivity index (χ3v) is 4.75. The molecule has 1 aromatic carbocycles. The van der Waals surface area contributed by atoms with Crippen molar-refractivity contribution in [3.8, 4) is 5.69 Å². The lowest BCUT2D eigenvalue weighted by Gasteiger charge is -2.23. The number of likely N-dealkylation sites (tertiary alicyclic amines) is 1. The van der Waals surface area contributed by atoms with Gasteiger partial charge in [0.2, 0.25) is 0 Å². The second-order valence-electron chi connectivity index (χ2n) is 6.69. The Bertz CT molecular complexity index is 813. The van der Waals surface area contributed by atoms with Gasteiger partial charge in [-0.25, -0.2) is 4.68 Å². The molecule has 1 fully saturated rings. The van der Waals surface area contributed by atoms with Crippen molar-refractivity contribution in [3.63, 3.8) is 0 Å². The predicted octanol–water partition coefficient (Wildman–Crippen LogP) is 2.19. The molecule has 2 unspecified atom stereocenters. The summed E-state index contributed by atoms with van der Waals surface area (Å²) in [5.41, 5.74) is 3.36. The molecule has 7 heteroatoms. The fraction of sp³-hybridized carbons (Fsp3) is 0.421. The molecule has 2 aromatic rings. The molecule has 7 nitrogen and oxygen atoms in total. The second-order valence-corrected chi connectivity index (χ2v) is 6.69. The van der Waals surface area contributed by atoms with Crippen LogP contribution in [0.5, 0.6) is 0 Å². The molecule has 0 saturated carbocycles. The largest absolute Gasteiger partial charge is 0.481 e. The van der Waals surface area contributed by atoms with Gasteiger partial charge in [0.15, 0.2) is 0 Å². The SMILES string of the molecule is COC1CC(CC(=O)O)N(C(=O)c2ccc(-n3nc(C)cc3C)cc2)C1. The van der Waals surface area contributed by atoms with Crippen molar-refractivity contribution in [1.29, 1.82) is 0 Å². The highest BCUT2D eigenvalue weighted by molar-refractivity contribution is 5.95. The van der Waals surface area contributed by atoms with Gasteiger partial charge in [-0.1, -0.05) is 0 Å². The van der Waals surface area contributed by atoms with Crippen LogP contribution in [-0.4, -0.2) is 57.5 Å². The van der Waals surface area contributed by atoms with Crippen LogP contribution < -0.4 is 0 Å². The molecule has 138 valence electrons. The lowest BCUT2D eigenvalue weighted by Crippen LogP contribution is -2.37. The number of aryl methyl sites for hydroxylation is 2. The Balaban J connectivity index is 1.80. The number of ether oxygens (including phenoxy) is 1. The van der Waals surface area contributed by atoms with E-state index in [1.165, 1.54) is 0 Å². The number of methoxy groups -OCH3 is 1. The molecule has 3 rings (SSSR count). The zero-order chi connectivity index (χ0) is 18.8. The molecule has 26 heavy (non-hydrogen) atoms. The van der Waals surface area contributed by atoms with Crippen LogP contribution in [0.2, 0.25) is 0 Å². The van der Waals surface area contributed by atoms with E-state index >= 15 is 0 Å². The Kier molecular flexibility index (Phi) is 5.08. The monoisotopic (exact) mass is 357 g/mol. The number of carboxylic acids is 1. The minimum atomic E-state index is -0.913. The third kappa shape index (κ3) is 3.62. The van der Waals surface area contributed by atoms with Gasteiger partial charge in [0.1, 0.15) is 0 Å². The van der Waals surface area contributed by atoms with Crippen LogP contribution in [-0.2, 0) is 9.53 Å². The number of hydrogen-bond donors (Lipinski definition) is 1. The number of nitrogens with zero attached hydrogens (tertiary/aromatic N) is 3. The maximum Gasteiger partial charge on any atom is 0.305 e. The number of aromatic nitrogens is 2. The van der Waals surface area contributed by atoms with Gasteiger partial charge in [-0.05, 0) is 50.6 Å². The molecule has 0 radical (unpaired) electrons. The van der Waals surface area contributed by atoms with E-state index in [0.29, 0.717) is 18.5 Å². The molecule has 0 bridgehead atoms. The summed E-state index contributed by atoms with van der Waals surface area (Å²) in [7, 11) is 1.58. The Morgan fingerprint density at radius 1 is 1.27 bits per heavy atom. The van der Waals surface area contributed by atoms with Crippen molar-refractivity contribution in [2.24, 2.45) is 0 Å². The van der Waals surface area contributed by atoms with Crippen LogP contribution in [0.1, 0.15) is 34.6 Å². The number of carbonyl (C=O) groups is 2. The predicted molar refractivity (Wildman–Crippen MR) is 95.5 cm³/mol. The lowest BCUT2D eigenvalue weighted by molar-refractivity contribution is -0.137. The number of rotatable bonds is 5. The molecule has 1 N–H and O–H groups in total. The minimum Gasteiger partial charge on any atom is -0.481 e. The zero-order valence-corrected chi connectivity index (χ0v) is 15.2. The van der Waals surface area contributed by atoms with Crippen LogP contribution in [0, 0.1) is 13.8 Å². The van der Waals surface area contributed by atoms with Gasteiger partial charge in [-0.2, -0.15) is 5.10 Å². The Morgan fingerprint density at radius 3 is 2.50 bits per heavy atom. The van der Waals surface area contributed by atoms with Gasteiger partial charge in [-0.3, -0.25) is 9.59 Å². The highest BCUT2D eigenvalue weighted by Crippen LogP contribution is 2.25. The van der Waals surface area contributed by atoms with Crippen LogP contribution >= 0.6 is 0 Å². The number of carboxylic acid groups (broad SMARTS) is 1. The van der Waals surface area contributed by atoms with Gasteiger partial charge >= 0.3 is 5.97 Å². The van der Waals surface area contributed by atoms with Crippen LogP contribution in [0.3, 0.4) is 0 Å². The zero-order valence-electron chi connectivity index (χ0n) is 15.2. The van der Waals surface area contributed by atoms with E-state index in [0.717, 1.165) is 17.1 Å². The maximum atomic E-state index is 12.9. The van der Waals surface area contributed by atoms with Crippen molar-refractivity contribution in [3.05, 3.63) is 47.3 Å². The molecule has 2 heterocycles. The summed E-state index contributed by atoms with van der Waals surface area (Å²) in [6.45, 7) is 4.32. The molecule has 1 aromatic heterocycles. The van der Waals surface area contributed by atoms with E-state index in [9.17, 15) is 9.59 Å². The van der Waals surface area contributed by atoms with Crippen molar-refractivity contribution < 1.29 is 19.4 Å². The molecular weight excluding hydrogens is 334 g/mol. The van der Waals surface area contributed by atoms with Crippen molar-refractivity contribution in [2.45, 2.75) is 38.8 Å². The van der Waals surface area contributed by atoms with E-state index in [1.807, 2.05) is 36.7 Å². The van der Waals surface area contributed by atoms with Gasteiger partial charge in [-0.15, -0.1) is 0 Å². The second kappa shape index (κ2) is 7.29. The summed E-state index contributed by atoms with van der Waals surface area (Å²) in [6, 6.07) is 8.86. The molecular formula is C19H23N3O4. The number of aliphatic carboxylic acids is 1. The van der Waals surface area contributed by atoms with Crippen LogP contribution in [0.15, 0.2) is 30.3 Å². The summed E-state index contributed by atoms with van der Waals surface area (Å²) in [4.78, 5) is 25.6. The standard InChI is InChI=1S/C19H23N3O4/c1-12-8-13(2)22(20-12)15-6-4-14(5-7-15)19(25)21-11-17(26-3)9-16(21)10-18(23)24/h4-8,16-17H,9-11H2,1-3H3,(H,23,24). The van der Waals surface area contributed by atoms with E-state index in [2.05, 4.69) is 5.10 Å². The van der Waals surface area contributed by atoms with E-state index in [1.54, 1.807) is 24.1 Å². The molecule has 1 aliphatic rings. The first-order valence-corrected chi connectivity index (χ1v) is 8.58. The number of amides is 1. The Morgan fingerprint density at radius 2 is 1.96 bits per heavy atom. The van der Waals surface area contributed by atoms with Crippen LogP contribution in [0.25, 0.3) is 5.69 Å². The number of carbonyl (C=O) groups excluding carboxylic acids is 1. The van der Waals surface area contributed by atoms with Gasteiger partial charge in [0.05, 0.1) is 23.9 Å². The van der Waals surface area contributed by atoms with E-state index in [4.69, 9.17) is 9.84 Å². The first kappa shape index (κ1) is 18.1. The third-order valence-electron chi connectivity index (χ3n) is 4.75. The topological polar surface area (TPSA) is 84.7 Å². The highest BCUT2D eigenvalue weighted by Gasteiger charge is 2.36. The lowest BCUT2D eigenvalue weighted by atomic mass is 10.1. The van der Waals surface area contributed by atoms with E-state index in [-0.39, 0.29) is 24.5 Å². The van der Waals surface area contributed by atoms with Crippen molar-refractivity contribution in [1.82, 2.24) is 14.7 Å². The van der Waals surface area contributed by atoms with Gasteiger partial charge < -0.3 is 14.7 Å². The van der Waals surface area contributed by atoms with Gasteiger partial charge in [0.25, 0.3) is 5.91 Å². The summed E-state index contributed by atoms with van der Waals surface area (Å²) in [5.74, 6) is -1.08. The average Bonchev–Trinajstić information content (AvgIpc) is 3.16.